The molecule has 0 bridgehead atoms. The average molecular weight is 164 g/mol. The van der Waals surface area contributed by atoms with Crippen molar-refractivity contribution < 1.29 is 0 Å². The highest BCUT2D eigenvalue weighted by atomic mass is 14.6. The maximum atomic E-state index is 5.83. The minimum Gasteiger partial charge on any atom is -0.398 e. The van der Waals surface area contributed by atoms with E-state index in [1.165, 1.54) is 0 Å². The van der Waals surface area contributed by atoms with Gasteiger partial charge in [-0.1, -0.05) is 13.3 Å². The highest BCUT2D eigenvalue weighted by Gasteiger charge is 2.02. The average Bonchev–Trinajstić information content (AvgIpc) is 1.96. The zero-order valence-corrected chi connectivity index (χ0v) is 7.72. The number of benzene rings is 1. The maximum absolute atomic E-state index is 5.83. The molecule has 0 aliphatic carbocycles. The van der Waals surface area contributed by atoms with Crippen molar-refractivity contribution in [1.82, 2.24) is 0 Å². The number of hydrogen-bond acceptors (Lipinski definition) is 2. The highest BCUT2D eigenvalue weighted by molar-refractivity contribution is 5.63. The zero-order chi connectivity index (χ0) is 9.14. The number of nitrogens with two attached hydrogens (primary N) is 2. The summed E-state index contributed by atoms with van der Waals surface area (Å²) in [4.78, 5) is 0. The van der Waals surface area contributed by atoms with Crippen LogP contribution in [0.25, 0.3) is 0 Å². The van der Waals surface area contributed by atoms with Crippen LogP contribution in [0.1, 0.15) is 24.5 Å². The lowest BCUT2D eigenvalue weighted by molar-refractivity contribution is 0.926. The standard InChI is InChI=1S/C10H16N2/c1-3-4-8-9(11)5-7(2)6-10(8)12/h5-6H,3-4,11-12H2,1-2H3. The second-order valence-electron chi connectivity index (χ2n) is 3.17. The first-order chi connectivity index (χ1) is 5.65. The van der Waals surface area contributed by atoms with Crippen molar-refractivity contribution in [2.24, 2.45) is 0 Å². The lowest BCUT2D eigenvalue weighted by Gasteiger charge is -2.08. The summed E-state index contributed by atoms with van der Waals surface area (Å²) in [7, 11) is 0. The van der Waals surface area contributed by atoms with Crippen molar-refractivity contribution in [2.75, 3.05) is 11.5 Å². The van der Waals surface area contributed by atoms with E-state index in [1.54, 1.807) is 0 Å². The molecule has 0 aromatic heterocycles. The van der Waals surface area contributed by atoms with Crippen LogP contribution < -0.4 is 11.5 Å². The summed E-state index contributed by atoms with van der Waals surface area (Å²) in [5.41, 5.74) is 15.5. The number of hydrogen-bond donors (Lipinski definition) is 2. The van der Waals surface area contributed by atoms with Gasteiger partial charge in [-0.15, -0.1) is 0 Å². The molecule has 0 unspecified atom stereocenters. The van der Waals surface area contributed by atoms with Crippen LogP contribution in [0.2, 0.25) is 0 Å². The van der Waals surface area contributed by atoms with Gasteiger partial charge in [-0.3, -0.25) is 0 Å². The molecule has 12 heavy (non-hydrogen) atoms. The minimum absolute atomic E-state index is 0.828. The van der Waals surface area contributed by atoms with Gasteiger partial charge in [0.25, 0.3) is 0 Å². The first-order valence-corrected chi connectivity index (χ1v) is 4.29. The monoisotopic (exact) mass is 164 g/mol. The lowest BCUT2D eigenvalue weighted by atomic mass is 10.0. The molecule has 0 aliphatic rings. The van der Waals surface area contributed by atoms with E-state index in [1.807, 2.05) is 19.1 Å². The van der Waals surface area contributed by atoms with E-state index < -0.39 is 0 Å². The molecular formula is C10H16N2. The summed E-state index contributed by atoms with van der Waals surface area (Å²) >= 11 is 0. The van der Waals surface area contributed by atoms with E-state index in [0.717, 1.165) is 35.3 Å². The molecule has 0 saturated heterocycles. The number of rotatable bonds is 2. The third-order valence-electron chi connectivity index (χ3n) is 1.96. The predicted octanol–water partition coefficient (Wildman–Crippen LogP) is 2.11. The van der Waals surface area contributed by atoms with Gasteiger partial charge < -0.3 is 11.5 Å². The molecule has 0 heterocycles. The fraction of sp³-hybridized carbons (Fsp3) is 0.400. The van der Waals surface area contributed by atoms with Crippen LogP contribution in [0.15, 0.2) is 12.1 Å². The summed E-state index contributed by atoms with van der Waals surface area (Å²) < 4.78 is 0. The summed E-state index contributed by atoms with van der Waals surface area (Å²) in [5.74, 6) is 0. The Labute approximate surface area is 73.6 Å². The van der Waals surface area contributed by atoms with E-state index in [4.69, 9.17) is 11.5 Å². The molecule has 0 spiro atoms. The Morgan fingerprint density at radius 1 is 1.17 bits per heavy atom. The van der Waals surface area contributed by atoms with Crippen molar-refractivity contribution in [3.8, 4) is 0 Å². The SMILES string of the molecule is CCCc1c(N)cc(C)cc1N. The molecule has 0 amide bonds. The molecule has 1 aromatic carbocycles. The van der Waals surface area contributed by atoms with Crippen LogP contribution in [0.3, 0.4) is 0 Å². The molecular weight excluding hydrogens is 148 g/mol. The molecule has 1 aromatic rings. The van der Waals surface area contributed by atoms with E-state index in [2.05, 4.69) is 6.92 Å². The Balaban J connectivity index is 3.10. The maximum Gasteiger partial charge on any atom is 0.0369 e. The van der Waals surface area contributed by atoms with Gasteiger partial charge >= 0.3 is 0 Å². The molecule has 0 atom stereocenters. The van der Waals surface area contributed by atoms with Crippen LogP contribution in [-0.4, -0.2) is 0 Å². The second kappa shape index (κ2) is 3.48. The van der Waals surface area contributed by atoms with Crippen LogP contribution in [0, 0.1) is 6.92 Å². The Morgan fingerprint density at radius 2 is 1.67 bits per heavy atom. The van der Waals surface area contributed by atoms with Crippen molar-refractivity contribution in [3.05, 3.63) is 23.3 Å². The van der Waals surface area contributed by atoms with Crippen molar-refractivity contribution in [2.45, 2.75) is 26.7 Å². The van der Waals surface area contributed by atoms with Crippen LogP contribution in [0.4, 0.5) is 11.4 Å². The molecule has 4 N–H and O–H groups in total. The summed E-state index contributed by atoms with van der Waals surface area (Å²) in [6, 6.07) is 3.95. The molecule has 2 nitrogen and oxygen atoms in total. The summed E-state index contributed by atoms with van der Waals surface area (Å²) in [5, 5.41) is 0. The zero-order valence-electron chi connectivity index (χ0n) is 7.72. The van der Waals surface area contributed by atoms with Crippen molar-refractivity contribution in [3.63, 3.8) is 0 Å². The topological polar surface area (TPSA) is 52.0 Å². The number of aryl methyl sites for hydroxylation is 1. The molecule has 66 valence electrons. The van der Waals surface area contributed by atoms with Gasteiger partial charge in [-0.05, 0) is 36.6 Å². The quantitative estimate of drug-likeness (QED) is 0.658. The first-order valence-electron chi connectivity index (χ1n) is 4.29. The van der Waals surface area contributed by atoms with Crippen LogP contribution in [0.5, 0.6) is 0 Å². The Bertz CT molecular complexity index is 256. The van der Waals surface area contributed by atoms with E-state index in [9.17, 15) is 0 Å². The Hall–Kier alpha value is -1.18. The van der Waals surface area contributed by atoms with Gasteiger partial charge in [-0.25, -0.2) is 0 Å². The Kier molecular flexibility index (Phi) is 2.58. The van der Waals surface area contributed by atoms with Gasteiger partial charge in [0.05, 0.1) is 0 Å². The van der Waals surface area contributed by atoms with Crippen LogP contribution in [-0.2, 0) is 6.42 Å². The first kappa shape index (κ1) is 8.91. The lowest BCUT2D eigenvalue weighted by Crippen LogP contribution is -2.00. The second-order valence-corrected chi connectivity index (χ2v) is 3.17. The third kappa shape index (κ3) is 1.70. The normalized spacial score (nSPS) is 10.2. The molecule has 0 radical (unpaired) electrons. The fourth-order valence-corrected chi connectivity index (χ4v) is 1.41. The van der Waals surface area contributed by atoms with Crippen LogP contribution >= 0.6 is 0 Å². The third-order valence-corrected chi connectivity index (χ3v) is 1.96. The largest absolute Gasteiger partial charge is 0.398 e. The van der Waals surface area contributed by atoms with E-state index in [0.29, 0.717) is 0 Å². The summed E-state index contributed by atoms with van der Waals surface area (Å²) in [6.07, 6.45) is 2.05. The van der Waals surface area contributed by atoms with E-state index >= 15 is 0 Å². The molecule has 0 aliphatic heterocycles. The molecule has 0 saturated carbocycles. The van der Waals surface area contributed by atoms with Gasteiger partial charge in [0, 0.05) is 11.4 Å². The van der Waals surface area contributed by atoms with Gasteiger partial charge in [0.1, 0.15) is 0 Å². The molecule has 1 rings (SSSR count). The number of nitrogen functional groups attached to an aromatic ring is 2. The van der Waals surface area contributed by atoms with Crippen molar-refractivity contribution >= 4 is 11.4 Å². The molecule has 0 fully saturated rings. The molecule has 2 heteroatoms. The van der Waals surface area contributed by atoms with E-state index in [-0.39, 0.29) is 0 Å². The number of anilines is 2. The predicted molar refractivity (Wildman–Crippen MR) is 54.0 cm³/mol. The van der Waals surface area contributed by atoms with Gasteiger partial charge in [0.15, 0.2) is 0 Å². The van der Waals surface area contributed by atoms with Gasteiger partial charge in [0.2, 0.25) is 0 Å². The smallest absolute Gasteiger partial charge is 0.0369 e. The minimum atomic E-state index is 0.828. The Morgan fingerprint density at radius 3 is 2.08 bits per heavy atom. The van der Waals surface area contributed by atoms with Crippen molar-refractivity contribution in [1.29, 1.82) is 0 Å². The highest BCUT2D eigenvalue weighted by Crippen LogP contribution is 2.22. The van der Waals surface area contributed by atoms with Gasteiger partial charge in [-0.2, -0.15) is 0 Å². The fourth-order valence-electron chi connectivity index (χ4n) is 1.41. The summed E-state index contributed by atoms with van der Waals surface area (Å²) in [6.45, 7) is 4.13.